The molecule has 0 aromatic rings. The average molecular weight is 1010 g/mol. The van der Waals surface area contributed by atoms with Crippen LogP contribution < -0.4 is 0 Å². The van der Waals surface area contributed by atoms with Gasteiger partial charge >= 0.3 is 13.8 Å². The summed E-state index contributed by atoms with van der Waals surface area (Å²) in [4.78, 5) is 23.3. The number of rotatable bonds is 46. The van der Waals surface area contributed by atoms with E-state index in [1.54, 1.807) is 0 Å². The molecule has 1 saturated carbocycles. The van der Waals surface area contributed by atoms with Crippen molar-refractivity contribution < 1.29 is 58.3 Å². The fourth-order valence-corrected chi connectivity index (χ4v) is 8.91. The Morgan fingerprint density at radius 2 is 0.843 bits per heavy atom. The molecular formula is C57H99O12P. The molecule has 0 aromatic carbocycles. The van der Waals surface area contributed by atoms with E-state index in [-0.39, 0.29) is 13.0 Å². The van der Waals surface area contributed by atoms with Gasteiger partial charge in [-0.25, -0.2) is 4.57 Å². The van der Waals surface area contributed by atoms with Gasteiger partial charge in [0, 0.05) is 13.0 Å². The molecule has 0 radical (unpaired) electrons. The van der Waals surface area contributed by atoms with Crippen molar-refractivity contribution in [1.29, 1.82) is 0 Å². The zero-order valence-corrected chi connectivity index (χ0v) is 44.4. The first kappa shape index (κ1) is 65.5. The highest BCUT2D eigenvalue weighted by molar-refractivity contribution is 7.47. The molecule has 13 heteroatoms. The smallest absolute Gasteiger partial charge is 0.457 e. The lowest BCUT2D eigenvalue weighted by atomic mass is 9.85. The first-order chi connectivity index (χ1) is 34.0. The van der Waals surface area contributed by atoms with Crippen LogP contribution in [-0.4, -0.2) is 98.9 Å². The average Bonchev–Trinajstić information content (AvgIpc) is 3.35. The number of allylic oxidation sites excluding steroid dienone is 14. The number of hydrogen-bond acceptors (Lipinski definition) is 11. The van der Waals surface area contributed by atoms with Gasteiger partial charge in [-0.1, -0.05) is 195 Å². The maximum absolute atomic E-state index is 12.9. The zero-order chi connectivity index (χ0) is 51.2. The Bertz CT molecular complexity index is 1480. The highest BCUT2D eigenvalue weighted by Crippen LogP contribution is 2.47. The van der Waals surface area contributed by atoms with Crippen LogP contribution in [0.3, 0.4) is 0 Å². The lowest BCUT2D eigenvalue weighted by Crippen LogP contribution is -2.64. The van der Waals surface area contributed by atoms with E-state index in [4.69, 9.17) is 18.5 Å². The van der Waals surface area contributed by atoms with Crippen LogP contribution in [0.15, 0.2) is 85.1 Å². The summed E-state index contributed by atoms with van der Waals surface area (Å²) in [6.45, 7) is 4.11. The molecule has 12 nitrogen and oxygen atoms in total. The van der Waals surface area contributed by atoms with E-state index in [9.17, 15) is 39.8 Å². The highest BCUT2D eigenvalue weighted by Gasteiger charge is 2.51. The summed E-state index contributed by atoms with van der Waals surface area (Å²) in [5.74, 6) is -0.489. The van der Waals surface area contributed by atoms with Crippen LogP contribution in [0.5, 0.6) is 0 Å². The van der Waals surface area contributed by atoms with Crippen molar-refractivity contribution in [3.05, 3.63) is 85.1 Å². The molecule has 0 aliphatic heterocycles. The second-order valence-electron chi connectivity index (χ2n) is 18.7. The number of unbranched alkanes of at least 4 members (excludes halogenated alkanes) is 20. The lowest BCUT2D eigenvalue weighted by molar-refractivity contribution is -0.220. The molecule has 6 unspecified atom stereocenters. The van der Waals surface area contributed by atoms with E-state index in [0.29, 0.717) is 13.0 Å². The van der Waals surface area contributed by atoms with Crippen LogP contribution in [0.25, 0.3) is 0 Å². The minimum atomic E-state index is -5.04. The summed E-state index contributed by atoms with van der Waals surface area (Å²) in [5, 5.41) is 50.4. The molecule has 6 N–H and O–H groups in total. The van der Waals surface area contributed by atoms with Gasteiger partial charge in [0.1, 0.15) is 42.7 Å². The molecule has 0 bridgehead atoms. The number of hydrogen-bond donors (Lipinski definition) is 6. The molecule has 404 valence electrons. The Labute approximate surface area is 424 Å². The summed E-state index contributed by atoms with van der Waals surface area (Å²) in [6.07, 6.45) is 50.7. The highest BCUT2D eigenvalue weighted by atomic mass is 31.2. The van der Waals surface area contributed by atoms with E-state index in [1.165, 1.54) is 70.6 Å². The van der Waals surface area contributed by atoms with Crippen molar-refractivity contribution in [1.82, 2.24) is 0 Å². The zero-order valence-electron chi connectivity index (χ0n) is 43.5. The molecule has 0 spiro atoms. The minimum absolute atomic E-state index is 0.0930. The SMILES string of the molecule is CC/C=C\C/C=C\C/C=C\C/C=C\C/C=C\CCCCCCCCOCC(COP(=O)(O)OC1C(O)C(O)C(O)C(O)C1O)OC(=O)CCCCCCCCCCC/C=C\C/C=C\CCCCCCC. The topological polar surface area (TPSA) is 192 Å². The normalized spacial score (nSPS) is 21.5. The second-order valence-corrected chi connectivity index (χ2v) is 20.1. The van der Waals surface area contributed by atoms with Crippen molar-refractivity contribution in [2.45, 2.75) is 249 Å². The Hall–Kier alpha value is -2.48. The maximum atomic E-state index is 12.9. The standard InChI is InChI=1S/C57H99O12P/c1-3-5-7-9-11-13-15-17-19-21-23-25-27-29-31-33-35-37-39-41-43-45-47-66-48-50(49-67-70(64,65)69-57-55(62)53(60)52(59)54(61)56(57)63)68-51(58)46-44-42-40-38-36-34-32-30-28-26-24-22-20-18-16-14-12-10-8-6-4-2/h5,7,11,13,16-19,22-25,29,31,50,52-57,59-63H,3-4,6,8-10,12,14-15,20-21,26-28,30,32-49H2,1-2H3,(H,64,65)/b7-5-,13-11-,18-16-,19-17-,24-22-,25-23-,31-29-. The number of ether oxygens (including phenoxy) is 2. The summed E-state index contributed by atoms with van der Waals surface area (Å²) < 4.78 is 34.4. The number of aliphatic hydroxyl groups excluding tert-OH is 5. The van der Waals surface area contributed by atoms with Crippen LogP contribution in [-0.2, 0) is 27.9 Å². The first-order valence-electron chi connectivity index (χ1n) is 27.4. The molecular weight excluding hydrogens is 908 g/mol. The Balaban J connectivity index is 2.34. The lowest BCUT2D eigenvalue weighted by Gasteiger charge is -2.41. The molecule has 70 heavy (non-hydrogen) atoms. The van der Waals surface area contributed by atoms with Crippen molar-refractivity contribution >= 4 is 13.8 Å². The van der Waals surface area contributed by atoms with Gasteiger partial charge in [0.05, 0.1) is 13.2 Å². The summed E-state index contributed by atoms with van der Waals surface area (Å²) in [6, 6.07) is 0. The number of phosphoric acid groups is 1. The molecule has 1 rings (SSSR count). The van der Waals surface area contributed by atoms with Crippen molar-refractivity contribution in [3.8, 4) is 0 Å². The molecule has 0 amide bonds. The molecule has 6 atom stereocenters. The number of esters is 1. The monoisotopic (exact) mass is 1010 g/mol. The van der Waals surface area contributed by atoms with Crippen LogP contribution in [0.4, 0.5) is 0 Å². The van der Waals surface area contributed by atoms with Crippen LogP contribution in [0, 0.1) is 0 Å². The fourth-order valence-electron chi connectivity index (χ4n) is 7.94. The van der Waals surface area contributed by atoms with Crippen molar-refractivity contribution in [2.24, 2.45) is 0 Å². The Morgan fingerprint density at radius 1 is 0.471 bits per heavy atom. The first-order valence-corrected chi connectivity index (χ1v) is 28.9. The van der Waals surface area contributed by atoms with Crippen molar-refractivity contribution in [2.75, 3.05) is 19.8 Å². The quantitative estimate of drug-likeness (QED) is 0.0147. The van der Waals surface area contributed by atoms with Gasteiger partial charge in [-0.2, -0.15) is 0 Å². The van der Waals surface area contributed by atoms with Crippen LogP contribution >= 0.6 is 7.82 Å². The molecule has 0 saturated heterocycles. The van der Waals surface area contributed by atoms with Gasteiger partial charge in [-0.05, 0) is 89.9 Å². The van der Waals surface area contributed by atoms with Gasteiger partial charge in [0.2, 0.25) is 0 Å². The maximum Gasteiger partial charge on any atom is 0.472 e. The Morgan fingerprint density at radius 3 is 1.29 bits per heavy atom. The van der Waals surface area contributed by atoms with Gasteiger partial charge in [0.25, 0.3) is 0 Å². The van der Waals surface area contributed by atoms with Gasteiger partial charge < -0.3 is 39.9 Å². The number of phosphoric ester groups is 1. The number of carbonyl (C=O) groups is 1. The van der Waals surface area contributed by atoms with Gasteiger partial charge in [-0.3, -0.25) is 13.8 Å². The number of aliphatic hydroxyl groups is 5. The predicted molar refractivity (Wildman–Crippen MR) is 285 cm³/mol. The van der Waals surface area contributed by atoms with E-state index >= 15 is 0 Å². The van der Waals surface area contributed by atoms with Gasteiger partial charge in [0.15, 0.2) is 0 Å². The van der Waals surface area contributed by atoms with E-state index in [0.717, 1.165) is 109 Å². The largest absolute Gasteiger partial charge is 0.472 e. The third-order valence-corrected chi connectivity index (χ3v) is 13.2. The predicted octanol–water partition coefficient (Wildman–Crippen LogP) is 12.9. The van der Waals surface area contributed by atoms with E-state index in [2.05, 4.69) is 98.9 Å². The molecule has 0 aromatic heterocycles. The fraction of sp³-hybridized carbons (Fsp3) is 0.737. The Kier molecular flexibility index (Phi) is 43.4. The van der Waals surface area contributed by atoms with Gasteiger partial charge in [-0.15, -0.1) is 0 Å². The molecule has 1 fully saturated rings. The summed E-state index contributed by atoms with van der Waals surface area (Å²) in [5.41, 5.74) is 0. The molecule has 1 aliphatic carbocycles. The van der Waals surface area contributed by atoms with Crippen molar-refractivity contribution in [3.63, 3.8) is 0 Å². The third kappa shape index (κ3) is 37.3. The molecule has 1 aliphatic rings. The van der Waals surface area contributed by atoms with E-state index < -0.39 is 63.1 Å². The minimum Gasteiger partial charge on any atom is -0.457 e. The third-order valence-electron chi connectivity index (χ3n) is 12.3. The summed E-state index contributed by atoms with van der Waals surface area (Å²) >= 11 is 0. The molecule has 0 heterocycles. The number of carbonyl (C=O) groups excluding carboxylic acids is 1. The second kappa shape index (κ2) is 46.3. The van der Waals surface area contributed by atoms with E-state index in [1.807, 2.05) is 0 Å². The van der Waals surface area contributed by atoms with Crippen LogP contribution in [0.2, 0.25) is 0 Å². The summed E-state index contributed by atoms with van der Waals surface area (Å²) in [7, 11) is -5.04. The van der Waals surface area contributed by atoms with Crippen LogP contribution in [0.1, 0.15) is 206 Å².